The predicted octanol–water partition coefficient (Wildman–Crippen LogP) is 3.96. The molecule has 0 atom stereocenters. The van der Waals surface area contributed by atoms with Gasteiger partial charge in [-0.05, 0) is 43.0 Å². The zero-order valence-electron chi connectivity index (χ0n) is 16.9. The van der Waals surface area contributed by atoms with Gasteiger partial charge in [0.1, 0.15) is 5.69 Å². The second-order valence-electron chi connectivity index (χ2n) is 7.32. The summed E-state index contributed by atoms with van der Waals surface area (Å²) >= 11 is 0. The Balaban J connectivity index is 1.94. The van der Waals surface area contributed by atoms with Gasteiger partial charge in [-0.3, -0.25) is 4.79 Å². The maximum atomic E-state index is 12.4. The Morgan fingerprint density at radius 3 is 2.75 bits per heavy atom. The maximum Gasteiger partial charge on any atom is 0.268 e. The lowest BCUT2D eigenvalue weighted by Crippen LogP contribution is -2.24. The number of unbranched alkanes of at least 4 members (excludes halogenated alkanes) is 1. The first-order chi connectivity index (χ1) is 13.5. The highest BCUT2D eigenvalue weighted by molar-refractivity contribution is 5.94. The van der Waals surface area contributed by atoms with Crippen molar-refractivity contribution in [3.63, 3.8) is 0 Å². The fourth-order valence-corrected chi connectivity index (χ4v) is 2.97. The molecule has 1 N–H and O–H groups in total. The van der Waals surface area contributed by atoms with E-state index < -0.39 is 0 Å². The van der Waals surface area contributed by atoms with Gasteiger partial charge < -0.3 is 9.73 Å². The molecule has 0 spiro atoms. The van der Waals surface area contributed by atoms with E-state index in [2.05, 4.69) is 41.4 Å². The second-order valence-corrected chi connectivity index (χ2v) is 7.32. The number of hydrogen-bond acceptors (Lipinski definition) is 5. The Labute approximate surface area is 165 Å². The van der Waals surface area contributed by atoms with Crippen LogP contribution in [-0.4, -0.2) is 32.4 Å². The van der Waals surface area contributed by atoms with Gasteiger partial charge in [-0.2, -0.15) is 5.10 Å². The maximum absolute atomic E-state index is 12.4. The van der Waals surface area contributed by atoms with E-state index >= 15 is 0 Å². The highest BCUT2D eigenvalue weighted by Gasteiger charge is 2.17. The smallest absolute Gasteiger partial charge is 0.268 e. The average molecular weight is 381 g/mol. The fourth-order valence-electron chi connectivity index (χ4n) is 2.97. The molecule has 0 radical (unpaired) electrons. The molecule has 0 saturated heterocycles. The Kier molecular flexibility index (Phi) is 6.23. The number of benzene rings is 1. The third kappa shape index (κ3) is 4.65. The quantitative estimate of drug-likeness (QED) is 0.597. The van der Waals surface area contributed by atoms with Gasteiger partial charge in [-0.1, -0.05) is 33.3 Å². The van der Waals surface area contributed by atoms with Crippen molar-refractivity contribution in [2.24, 2.45) is 5.92 Å². The lowest BCUT2D eigenvalue weighted by molar-refractivity contribution is 0.0953. The van der Waals surface area contributed by atoms with E-state index in [1.165, 1.54) is 0 Å². The van der Waals surface area contributed by atoms with Gasteiger partial charge in [0, 0.05) is 24.7 Å². The van der Waals surface area contributed by atoms with Gasteiger partial charge in [0.2, 0.25) is 5.89 Å². The molecule has 148 valence electrons. The number of aromatic nitrogens is 4. The summed E-state index contributed by atoms with van der Waals surface area (Å²) in [7, 11) is 0. The number of rotatable bonds is 8. The van der Waals surface area contributed by atoms with Crippen molar-refractivity contribution in [3.8, 4) is 17.3 Å². The molecular weight excluding hydrogens is 354 g/mol. The minimum absolute atomic E-state index is 0.0689. The number of hydrogen-bond donors (Lipinski definition) is 1. The first-order valence-corrected chi connectivity index (χ1v) is 9.76. The number of carbonyl (C=O) groups is 1. The summed E-state index contributed by atoms with van der Waals surface area (Å²) in [5, 5.41) is 15.6. The van der Waals surface area contributed by atoms with Crippen molar-refractivity contribution in [1.82, 2.24) is 25.3 Å². The van der Waals surface area contributed by atoms with Crippen molar-refractivity contribution < 1.29 is 9.21 Å². The van der Waals surface area contributed by atoms with Crippen LogP contribution in [-0.2, 0) is 6.42 Å². The van der Waals surface area contributed by atoms with Crippen LogP contribution in [0.4, 0.5) is 0 Å². The third-order valence-corrected chi connectivity index (χ3v) is 4.31. The monoisotopic (exact) mass is 381 g/mol. The minimum Gasteiger partial charge on any atom is -0.420 e. The molecule has 0 fully saturated rings. The van der Waals surface area contributed by atoms with Gasteiger partial charge in [0.05, 0.1) is 5.69 Å². The van der Waals surface area contributed by atoms with Crippen LogP contribution in [0, 0.1) is 12.8 Å². The molecule has 0 aliphatic heterocycles. The first kappa shape index (κ1) is 19.8. The van der Waals surface area contributed by atoms with Gasteiger partial charge in [0.25, 0.3) is 11.8 Å². The van der Waals surface area contributed by atoms with Gasteiger partial charge in [0.15, 0.2) is 0 Å². The van der Waals surface area contributed by atoms with Crippen molar-refractivity contribution >= 4 is 5.91 Å². The molecule has 0 aliphatic carbocycles. The Morgan fingerprint density at radius 1 is 1.25 bits per heavy atom. The molecule has 7 nitrogen and oxygen atoms in total. The summed E-state index contributed by atoms with van der Waals surface area (Å²) < 4.78 is 7.39. The second kappa shape index (κ2) is 8.82. The highest BCUT2D eigenvalue weighted by Crippen LogP contribution is 2.23. The van der Waals surface area contributed by atoms with Gasteiger partial charge in [-0.25, -0.2) is 4.68 Å². The summed E-state index contributed by atoms with van der Waals surface area (Å²) in [4.78, 5) is 12.4. The minimum atomic E-state index is -0.0689. The molecule has 2 aromatic heterocycles. The van der Waals surface area contributed by atoms with Crippen molar-refractivity contribution in [1.29, 1.82) is 0 Å². The predicted molar refractivity (Wildman–Crippen MR) is 107 cm³/mol. The van der Waals surface area contributed by atoms with E-state index in [1.54, 1.807) is 6.92 Å². The summed E-state index contributed by atoms with van der Waals surface area (Å²) in [6.45, 7) is 8.85. The van der Waals surface area contributed by atoms with Crippen LogP contribution in [0.15, 0.2) is 34.7 Å². The molecule has 7 heteroatoms. The molecule has 0 saturated carbocycles. The molecule has 1 amide bonds. The fraction of sp³-hybridized carbons (Fsp3) is 0.429. The molecule has 3 rings (SSSR count). The SMILES string of the molecule is CCCCNC(=O)c1cccc(-n2nc(-c3nnc(C)o3)cc2CC(C)C)c1. The van der Waals surface area contributed by atoms with E-state index in [4.69, 9.17) is 4.42 Å². The Hall–Kier alpha value is -2.96. The van der Waals surface area contributed by atoms with Crippen LogP contribution in [0.25, 0.3) is 17.3 Å². The van der Waals surface area contributed by atoms with Crippen LogP contribution >= 0.6 is 0 Å². The van der Waals surface area contributed by atoms with Crippen molar-refractivity contribution in [3.05, 3.63) is 47.5 Å². The lowest BCUT2D eigenvalue weighted by atomic mass is 10.1. The van der Waals surface area contributed by atoms with E-state index in [9.17, 15) is 4.79 Å². The molecule has 28 heavy (non-hydrogen) atoms. The molecule has 0 bridgehead atoms. The number of amides is 1. The van der Waals surface area contributed by atoms with Crippen LogP contribution in [0.2, 0.25) is 0 Å². The highest BCUT2D eigenvalue weighted by atomic mass is 16.4. The molecular formula is C21H27N5O2. The molecule has 0 unspecified atom stereocenters. The number of nitrogens with zero attached hydrogens (tertiary/aromatic N) is 4. The topological polar surface area (TPSA) is 85.8 Å². The van der Waals surface area contributed by atoms with E-state index in [1.807, 2.05) is 35.0 Å². The number of nitrogens with one attached hydrogen (secondary N) is 1. The largest absolute Gasteiger partial charge is 0.420 e. The number of carbonyl (C=O) groups excluding carboxylic acids is 1. The average Bonchev–Trinajstić information content (AvgIpc) is 3.28. The lowest BCUT2D eigenvalue weighted by Gasteiger charge is -2.11. The summed E-state index contributed by atoms with van der Waals surface area (Å²) in [6, 6.07) is 9.48. The van der Waals surface area contributed by atoms with E-state index in [0.29, 0.717) is 35.5 Å². The summed E-state index contributed by atoms with van der Waals surface area (Å²) in [5.41, 5.74) is 3.12. The Bertz CT molecular complexity index is 942. The van der Waals surface area contributed by atoms with Crippen LogP contribution in [0.3, 0.4) is 0 Å². The molecule has 2 heterocycles. The Morgan fingerprint density at radius 2 is 2.07 bits per heavy atom. The van der Waals surface area contributed by atoms with Gasteiger partial charge >= 0.3 is 0 Å². The molecule has 0 aliphatic rings. The normalized spacial score (nSPS) is 11.2. The zero-order chi connectivity index (χ0) is 20.1. The van der Waals surface area contributed by atoms with Crippen LogP contribution in [0.1, 0.15) is 55.6 Å². The standard InChI is InChI=1S/C21H27N5O2/c1-5-6-10-22-20(27)16-8-7-9-17(12-16)26-18(11-14(2)3)13-19(25-26)21-24-23-15(4)28-21/h7-9,12-14H,5-6,10-11H2,1-4H3,(H,22,27). The molecule has 1 aromatic carbocycles. The molecule has 3 aromatic rings. The first-order valence-electron chi connectivity index (χ1n) is 9.76. The van der Waals surface area contributed by atoms with Crippen molar-refractivity contribution in [2.75, 3.05) is 6.54 Å². The van der Waals surface area contributed by atoms with Crippen LogP contribution < -0.4 is 5.32 Å². The van der Waals surface area contributed by atoms with E-state index in [-0.39, 0.29) is 5.91 Å². The van der Waals surface area contributed by atoms with Gasteiger partial charge in [-0.15, -0.1) is 10.2 Å². The van der Waals surface area contributed by atoms with Crippen LogP contribution in [0.5, 0.6) is 0 Å². The third-order valence-electron chi connectivity index (χ3n) is 4.31. The summed E-state index contributed by atoms with van der Waals surface area (Å²) in [5.74, 6) is 1.28. The zero-order valence-corrected chi connectivity index (χ0v) is 16.9. The van der Waals surface area contributed by atoms with E-state index in [0.717, 1.165) is 30.6 Å². The summed E-state index contributed by atoms with van der Waals surface area (Å²) in [6.07, 6.45) is 2.85. The number of aryl methyl sites for hydroxylation is 1. The van der Waals surface area contributed by atoms with Crippen molar-refractivity contribution in [2.45, 2.75) is 47.0 Å².